The lowest BCUT2D eigenvalue weighted by Gasteiger charge is -2.29. The van der Waals surface area contributed by atoms with Gasteiger partial charge in [-0.25, -0.2) is 9.59 Å². The molecule has 176 valence electrons. The third-order valence-corrected chi connectivity index (χ3v) is 6.89. The van der Waals surface area contributed by atoms with E-state index in [1.54, 1.807) is 23.5 Å². The number of benzene rings is 2. The summed E-state index contributed by atoms with van der Waals surface area (Å²) in [7, 11) is 0. The smallest absolute Gasteiger partial charge is 0.344 e. The molecule has 4 heterocycles. The van der Waals surface area contributed by atoms with Gasteiger partial charge in [0.2, 0.25) is 0 Å². The lowest BCUT2D eigenvalue weighted by atomic mass is 9.99. The Balaban J connectivity index is 1.49. The van der Waals surface area contributed by atoms with E-state index < -0.39 is 11.3 Å². The highest BCUT2D eigenvalue weighted by Crippen LogP contribution is 2.37. The maximum absolute atomic E-state index is 13.1. The van der Waals surface area contributed by atoms with Crippen molar-refractivity contribution in [1.82, 2.24) is 4.90 Å². The minimum atomic E-state index is -0.551. The molecule has 0 N–H and O–H groups in total. The van der Waals surface area contributed by atoms with Gasteiger partial charge in [-0.05, 0) is 42.6 Å². The SMILES string of the molecule is CCOc1cccc2cc(-c3cc(=O)oc4c5c(ccc34)OCN(Cc3cccs3)C5)c(=O)oc12. The topological polar surface area (TPSA) is 82.1 Å². The van der Waals surface area contributed by atoms with Gasteiger partial charge in [0.25, 0.3) is 0 Å². The lowest BCUT2D eigenvalue weighted by Crippen LogP contribution is -2.31. The van der Waals surface area contributed by atoms with Crippen molar-refractivity contribution < 1.29 is 18.3 Å². The molecule has 1 aliphatic heterocycles. The third kappa shape index (κ3) is 3.90. The van der Waals surface area contributed by atoms with Gasteiger partial charge >= 0.3 is 11.3 Å². The quantitative estimate of drug-likeness (QED) is 0.308. The molecule has 0 spiro atoms. The zero-order valence-corrected chi connectivity index (χ0v) is 19.7. The van der Waals surface area contributed by atoms with E-state index in [1.807, 2.05) is 42.6 Å². The zero-order chi connectivity index (χ0) is 23.9. The predicted octanol–water partition coefficient (Wildman–Crippen LogP) is 5.38. The second-order valence-corrected chi connectivity index (χ2v) is 9.33. The van der Waals surface area contributed by atoms with Crippen LogP contribution in [0.4, 0.5) is 0 Å². The van der Waals surface area contributed by atoms with Crippen LogP contribution in [0, 0.1) is 0 Å². The van der Waals surface area contributed by atoms with Gasteiger partial charge in [-0.2, -0.15) is 0 Å². The number of fused-ring (bicyclic) bond motifs is 4. The van der Waals surface area contributed by atoms with Crippen LogP contribution < -0.4 is 20.7 Å². The van der Waals surface area contributed by atoms with Gasteiger partial charge in [0, 0.05) is 40.4 Å². The molecule has 35 heavy (non-hydrogen) atoms. The maximum atomic E-state index is 13.1. The summed E-state index contributed by atoms with van der Waals surface area (Å²) >= 11 is 1.69. The van der Waals surface area contributed by atoms with Crippen LogP contribution in [0.1, 0.15) is 17.4 Å². The average Bonchev–Trinajstić information content (AvgIpc) is 3.37. The number of para-hydroxylation sites is 1. The van der Waals surface area contributed by atoms with E-state index in [1.165, 1.54) is 10.9 Å². The van der Waals surface area contributed by atoms with Gasteiger partial charge < -0.3 is 18.3 Å². The van der Waals surface area contributed by atoms with Crippen molar-refractivity contribution in [3.05, 3.63) is 91.3 Å². The molecule has 7 nitrogen and oxygen atoms in total. The number of rotatable bonds is 5. The molecule has 2 aromatic carbocycles. The van der Waals surface area contributed by atoms with E-state index in [2.05, 4.69) is 11.0 Å². The fourth-order valence-electron chi connectivity index (χ4n) is 4.50. The molecule has 0 atom stereocenters. The summed E-state index contributed by atoms with van der Waals surface area (Å²) in [5, 5.41) is 3.40. The van der Waals surface area contributed by atoms with Crippen molar-refractivity contribution in [3.8, 4) is 22.6 Å². The van der Waals surface area contributed by atoms with Gasteiger partial charge in [0.05, 0.1) is 17.7 Å². The van der Waals surface area contributed by atoms with Crippen LogP contribution in [0.2, 0.25) is 0 Å². The van der Waals surface area contributed by atoms with E-state index in [4.69, 9.17) is 18.3 Å². The van der Waals surface area contributed by atoms with E-state index >= 15 is 0 Å². The van der Waals surface area contributed by atoms with Gasteiger partial charge in [-0.15, -0.1) is 11.3 Å². The molecule has 5 aromatic rings. The van der Waals surface area contributed by atoms with E-state index in [0.29, 0.717) is 58.9 Å². The summed E-state index contributed by atoms with van der Waals surface area (Å²) in [6.45, 7) is 4.05. The third-order valence-electron chi connectivity index (χ3n) is 6.03. The van der Waals surface area contributed by atoms with Gasteiger partial charge in [0.1, 0.15) is 18.1 Å². The number of hydrogen-bond acceptors (Lipinski definition) is 8. The van der Waals surface area contributed by atoms with Crippen molar-refractivity contribution in [2.45, 2.75) is 20.0 Å². The van der Waals surface area contributed by atoms with Crippen molar-refractivity contribution in [2.24, 2.45) is 0 Å². The summed E-state index contributed by atoms with van der Waals surface area (Å²) in [5.41, 5.74) is 1.24. The molecule has 0 saturated heterocycles. The molecule has 1 aliphatic rings. The first-order valence-corrected chi connectivity index (χ1v) is 12.2. The first kappa shape index (κ1) is 21.6. The van der Waals surface area contributed by atoms with Crippen molar-refractivity contribution in [1.29, 1.82) is 0 Å². The van der Waals surface area contributed by atoms with Crippen molar-refractivity contribution >= 4 is 33.3 Å². The maximum Gasteiger partial charge on any atom is 0.344 e. The highest BCUT2D eigenvalue weighted by Gasteiger charge is 2.24. The van der Waals surface area contributed by atoms with Crippen LogP contribution in [-0.2, 0) is 13.1 Å². The largest absolute Gasteiger partial charge is 0.490 e. The van der Waals surface area contributed by atoms with Crippen LogP contribution >= 0.6 is 11.3 Å². The number of nitrogens with zero attached hydrogens (tertiary/aromatic N) is 1. The van der Waals surface area contributed by atoms with Crippen LogP contribution in [0.5, 0.6) is 11.5 Å². The Morgan fingerprint density at radius 3 is 2.74 bits per heavy atom. The molecule has 0 unspecified atom stereocenters. The summed E-state index contributed by atoms with van der Waals surface area (Å²) < 4.78 is 22.9. The van der Waals surface area contributed by atoms with Gasteiger partial charge in [-0.1, -0.05) is 18.2 Å². The molecule has 3 aromatic heterocycles. The van der Waals surface area contributed by atoms with E-state index in [9.17, 15) is 9.59 Å². The van der Waals surface area contributed by atoms with Crippen molar-refractivity contribution in [3.63, 3.8) is 0 Å². The Labute approximate surface area is 203 Å². The minimum absolute atomic E-state index is 0.288. The first-order valence-electron chi connectivity index (χ1n) is 11.3. The fourth-order valence-corrected chi connectivity index (χ4v) is 5.25. The molecule has 0 amide bonds. The molecule has 0 saturated carbocycles. The highest BCUT2D eigenvalue weighted by atomic mass is 32.1. The summed E-state index contributed by atoms with van der Waals surface area (Å²) in [4.78, 5) is 29.1. The molecular formula is C27H21NO6S. The fraction of sp³-hybridized carbons (Fsp3) is 0.185. The second-order valence-electron chi connectivity index (χ2n) is 8.29. The molecule has 0 radical (unpaired) electrons. The van der Waals surface area contributed by atoms with Crippen LogP contribution in [0.15, 0.2) is 78.4 Å². The molecule has 0 bridgehead atoms. The standard InChI is InChI=1S/C27H21NO6S/c1-2-31-23-7-3-5-16-11-20(27(30)34-25(16)23)19-12-24(29)33-26-18(19)8-9-22-21(26)14-28(15-32-22)13-17-6-4-10-35-17/h3-12H,2,13-15H2,1H3. The van der Waals surface area contributed by atoms with Gasteiger partial charge in [0.15, 0.2) is 11.3 Å². The van der Waals surface area contributed by atoms with Gasteiger partial charge in [-0.3, -0.25) is 4.90 Å². The monoisotopic (exact) mass is 487 g/mol. The molecule has 0 fully saturated rings. The Morgan fingerprint density at radius 2 is 1.91 bits per heavy atom. The second kappa shape index (κ2) is 8.72. The predicted molar refractivity (Wildman–Crippen MR) is 134 cm³/mol. The molecular weight excluding hydrogens is 466 g/mol. The number of hydrogen-bond donors (Lipinski definition) is 0. The highest BCUT2D eigenvalue weighted by molar-refractivity contribution is 7.09. The Morgan fingerprint density at radius 1 is 1.00 bits per heavy atom. The van der Waals surface area contributed by atoms with Crippen molar-refractivity contribution in [2.75, 3.05) is 13.3 Å². The van der Waals surface area contributed by atoms with Crippen LogP contribution in [0.25, 0.3) is 33.1 Å². The zero-order valence-electron chi connectivity index (χ0n) is 18.9. The van der Waals surface area contributed by atoms with Crippen LogP contribution in [0.3, 0.4) is 0 Å². The van der Waals surface area contributed by atoms with E-state index in [-0.39, 0.29) is 5.56 Å². The Bertz CT molecular complexity index is 1670. The molecule has 6 rings (SSSR count). The summed E-state index contributed by atoms with van der Waals surface area (Å²) in [6.07, 6.45) is 0. The lowest BCUT2D eigenvalue weighted by molar-refractivity contribution is 0.0899. The van der Waals surface area contributed by atoms with E-state index in [0.717, 1.165) is 12.1 Å². The Hall–Kier alpha value is -3.88. The molecule has 8 heteroatoms. The summed E-state index contributed by atoms with van der Waals surface area (Å²) in [6, 6.07) is 16.3. The number of thiophene rings is 1. The number of ether oxygens (including phenoxy) is 2. The molecule has 0 aliphatic carbocycles. The first-order chi connectivity index (χ1) is 17.1. The summed E-state index contributed by atoms with van der Waals surface area (Å²) in [5.74, 6) is 1.18. The average molecular weight is 488 g/mol. The Kier molecular flexibility index (Phi) is 5.39. The normalized spacial score (nSPS) is 13.6. The minimum Gasteiger partial charge on any atom is -0.490 e. The van der Waals surface area contributed by atoms with Crippen LogP contribution in [-0.4, -0.2) is 18.2 Å².